The summed E-state index contributed by atoms with van der Waals surface area (Å²) < 4.78 is 11.2. The van der Waals surface area contributed by atoms with Gasteiger partial charge in [-0.1, -0.05) is 71.7 Å². The van der Waals surface area contributed by atoms with Gasteiger partial charge in [0, 0.05) is 28.5 Å². The van der Waals surface area contributed by atoms with E-state index in [1.54, 1.807) is 42.5 Å². The fourth-order valence-corrected chi connectivity index (χ4v) is 4.45. The minimum atomic E-state index is -0.743. The standard InChI is InChI=1S/C25H17Cl2NO4/c26-17-9-5-8-16(23(17)27)21-15-7-2-4-11-20(15)32-25(30)22(21)24(29)28-18-12-13-31-19-10-3-1-6-14(18)19/h1-11,18H,12-13H2,(H,28,29)/t18-/m0/s1. The van der Waals surface area contributed by atoms with Crippen molar-refractivity contribution in [1.29, 1.82) is 0 Å². The van der Waals surface area contributed by atoms with Crippen molar-refractivity contribution in [1.82, 2.24) is 5.32 Å². The number of hydrogen-bond donors (Lipinski definition) is 1. The average Bonchev–Trinajstić information content (AvgIpc) is 2.80. The van der Waals surface area contributed by atoms with Crippen molar-refractivity contribution in [2.24, 2.45) is 0 Å². The fourth-order valence-electron chi connectivity index (χ4n) is 4.06. The number of amides is 1. The van der Waals surface area contributed by atoms with E-state index in [2.05, 4.69) is 5.32 Å². The van der Waals surface area contributed by atoms with Crippen molar-refractivity contribution in [3.05, 3.63) is 98.3 Å². The van der Waals surface area contributed by atoms with E-state index in [0.717, 1.165) is 5.56 Å². The first-order chi connectivity index (χ1) is 15.5. The molecule has 1 aliphatic rings. The molecular formula is C25H17Cl2NO4. The lowest BCUT2D eigenvalue weighted by Crippen LogP contribution is -2.35. The summed E-state index contributed by atoms with van der Waals surface area (Å²) in [7, 11) is 0. The minimum absolute atomic E-state index is 0.114. The highest BCUT2D eigenvalue weighted by Crippen LogP contribution is 2.39. The minimum Gasteiger partial charge on any atom is -0.493 e. The lowest BCUT2D eigenvalue weighted by Gasteiger charge is -2.26. The van der Waals surface area contributed by atoms with Gasteiger partial charge in [-0.25, -0.2) is 4.79 Å². The first kappa shape index (κ1) is 20.6. The predicted octanol–water partition coefficient (Wildman–Crippen LogP) is 6.02. The third-order valence-corrected chi connectivity index (χ3v) is 6.34. The van der Waals surface area contributed by atoms with Gasteiger partial charge < -0.3 is 14.5 Å². The van der Waals surface area contributed by atoms with Gasteiger partial charge in [0.2, 0.25) is 0 Å². The topological polar surface area (TPSA) is 68.5 Å². The smallest absolute Gasteiger partial charge is 0.349 e. The molecule has 1 aromatic heterocycles. The second-order valence-corrected chi connectivity index (χ2v) is 8.22. The number of halogens is 2. The quantitative estimate of drug-likeness (QED) is 0.375. The molecule has 5 nitrogen and oxygen atoms in total. The Kier molecular flexibility index (Phi) is 5.37. The zero-order valence-corrected chi connectivity index (χ0v) is 18.2. The van der Waals surface area contributed by atoms with Crippen LogP contribution in [0.1, 0.15) is 28.4 Å². The predicted molar refractivity (Wildman–Crippen MR) is 125 cm³/mol. The second kappa shape index (κ2) is 8.34. The number of nitrogens with one attached hydrogen (secondary N) is 1. The number of carbonyl (C=O) groups is 1. The molecule has 0 bridgehead atoms. The normalized spacial score (nSPS) is 15.1. The second-order valence-electron chi connectivity index (χ2n) is 7.44. The molecule has 1 N–H and O–H groups in total. The van der Waals surface area contributed by atoms with E-state index in [0.29, 0.717) is 45.9 Å². The van der Waals surface area contributed by atoms with E-state index in [1.165, 1.54) is 0 Å². The number of benzene rings is 3. The number of ether oxygens (including phenoxy) is 1. The summed E-state index contributed by atoms with van der Waals surface area (Å²) >= 11 is 12.8. The summed E-state index contributed by atoms with van der Waals surface area (Å²) in [5.41, 5.74) is 1.24. The van der Waals surface area contributed by atoms with Gasteiger partial charge in [0.15, 0.2) is 0 Å². The molecule has 0 radical (unpaired) electrons. The summed E-state index contributed by atoms with van der Waals surface area (Å²) in [6.07, 6.45) is 0.578. The Labute approximate surface area is 193 Å². The van der Waals surface area contributed by atoms with Crippen LogP contribution in [0.5, 0.6) is 5.75 Å². The van der Waals surface area contributed by atoms with E-state index < -0.39 is 11.5 Å². The van der Waals surface area contributed by atoms with E-state index in [1.807, 2.05) is 24.3 Å². The molecule has 0 unspecified atom stereocenters. The maximum absolute atomic E-state index is 13.5. The molecule has 1 aliphatic heterocycles. The zero-order valence-electron chi connectivity index (χ0n) is 16.7. The van der Waals surface area contributed by atoms with Gasteiger partial charge in [-0.15, -0.1) is 0 Å². The van der Waals surface area contributed by atoms with Crippen molar-refractivity contribution < 1.29 is 13.9 Å². The number of para-hydroxylation sites is 2. The van der Waals surface area contributed by atoms with Gasteiger partial charge in [-0.05, 0) is 18.2 Å². The number of rotatable bonds is 3. The molecule has 0 saturated heterocycles. The molecular weight excluding hydrogens is 449 g/mol. The van der Waals surface area contributed by atoms with Crippen LogP contribution in [-0.2, 0) is 0 Å². The van der Waals surface area contributed by atoms with Crippen LogP contribution in [-0.4, -0.2) is 12.5 Å². The van der Waals surface area contributed by atoms with Crippen LogP contribution in [0.3, 0.4) is 0 Å². The first-order valence-electron chi connectivity index (χ1n) is 10.1. The third kappa shape index (κ3) is 3.53. The Balaban J connectivity index is 1.68. The highest BCUT2D eigenvalue weighted by molar-refractivity contribution is 6.44. The highest BCUT2D eigenvalue weighted by Gasteiger charge is 2.28. The summed E-state index contributed by atoms with van der Waals surface area (Å²) in [6.45, 7) is 0.460. The summed E-state index contributed by atoms with van der Waals surface area (Å²) in [6, 6.07) is 19.3. The molecule has 1 amide bonds. The Morgan fingerprint density at radius 3 is 2.62 bits per heavy atom. The third-order valence-electron chi connectivity index (χ3n) is 5.53. The van der Waals surface area contributed by atoms with Crippen molar-refractivity contribution in [2.75, 3.05) is 6.61 Å². The average molecular weight is 466 g/mol. The summed E-state index contributed by atoms with van der Waals surface area (Å²) in [4.78, 5) is 26.5. The van der Waals surface area contributed by atoms with E-state index >= 15 is 0 Å². The fraction of sp³-hybridized carbons (Fsp3) is 0.120. The molecule has 1 atom stereocenters. The van der Waals surface area contributed by atoms with Gasteiger partial charge in [-0.3, -0.25) is 4.79 Å². The molecule has 0 saturated carbocycles. The highest BCUT2D eigenvalue weighted by atomic mass is 35.5. The largest absolute Gasteiger partial charge is 0.493 e. The zero-order chi connectivity index (χ0) is 22.2. The Morgan fingerprint density at radius 2 is 1.75 bits per heavy atom. The molecule has 0 aliphatic carbocycles. The SMILES string of the molecule is O=C(N[C@H]1CCOc2ccccc21)c1c(-c2cccc(Cl)c2Cl)c2ccccc2oc1=O. The number of carbonyl (C=O) groups excluding carboxylic acids is 1. The molecule has 0 spiro atoms. The number of fused-ring (bicyclic) bond motifs is 2. The monoisotopic (exact) mass is 465 g/mol. The van der Waals surface area contributed by atoms with Crippen molar-refractivity contribution in [3.63, 3.8) is 0 Å². The van der Waals surface area contributed by atoms with Gasteiger partial charge in [0.05, 0.1) is 22.7 Å². The van der Waals surface area contributed by atoms with Crippen LogP contribution in [0.2, 0.25) is 10.0 Å². The van der Waals surface area contributed by atoms with Crippen LogP contribution in [0.15, 0.2) is 75.9 Å². The lowest BCUT2D eigenvalue weighted by atomic mass is 9.95. The maximum Gasteiger partial charge on any atom is 0.349 e. The summed E-state index contributed by atoms with van der Waals surface area (Å²) in [5.74, 6) is 0.171. The van der Waals surface area contributed by atoms with Gasteiger partial charge >= 0.3 is 5.63 Å². The maximum atomic E-state index is 13.5. The molecule has 0 fully saturated rings. The Bertz CT molecular complexity index is 1410. The van der Waals surface area contributed by atoms with E-state index in [4.69, 9.17) is 32.4 Å². The van der Waals surface area contributed by atoms with E-state index in [-0.39, 0.29) is 16.6 Å². The molecule has 160 valence electrons. The molecule has 3 aromatic carbocycles. The molecule has 5 rings (SSSR count). The van der Waals surface area contributed by atoms with E-state index in [9.17, 15) is 9.59 Å². The lowest BCUT2D eigenvalue weighted by molar-refractivity contribution is 0.0922. The van der Waals surface area contributed by atoms with Gasteiger partial charge in [0.25, 0.3) is 5.91 Å². The van der Waals surface area contributed by atoms with Crippen molar-refractivity contribution in [2.45, 2.75) is 12.5 Å². The van der Waals surface area contributed by atoms with Crippen molar-refractivity contribution >= 4 is 40.1 Å². The first-order valence-corrected chi connectivity index (χ1v) is 10.8. The van der Waals surface area contributed by atoms with Gasteiger partial charge in [-0.2, -0.15) is 0 Å². The van der Waals surface area contributed by atoms with Crippen LogP contribution in [0, 0.1) is 0 Å². The summed E-state index contributed by atoms with van der Waals surface area (Å²) in [5, 5.41) is 4.16. The Morgan fingerprint density at radius 1 is 0.969 bits per heavy atom. The Hall–Kier alpha value is -3.28. The number of hydrogen-bond acceptors (Lipinski definition) is 4. The molecule has 4 aromatic rings. The van der Waals surface area contributed by atoms with Crippen molar-refractivity contribution in [3.8, 4) is 16.9 Å². The van der Waals surface area contributed by atoms with Crippen LogP contribution in [0.4, 0.5) is 0 Å². The van der Waals surface area contributed by atoms with Gasteiger partial charge in [0.1, 0.15) is 16.9 Å². The molecule has 7 heteroatoms. The van der Waals surface area contributed by atoms with Crippen LogP contribution in [0.25, 0.3) is 22.1 Å². The molecule has 32 heavy (non-hydrogen) atoms. The molecule has 2 heterocycles. The van der Waals surface area contributed by atoms with Crippen LogP contribution < -0.4 is 15.7 Å². The van der Waals surface area contributed by atoms with Crippen LogP contribution >= 0.6 is 23.2 Å².